The minimum absolute atomic E-state index is 0.345. The molecule has 0 N–H and O–H groups in total. The fourth-order valence-corrected chi connectivity index (χ4v) is 7.78. The lowest BCUT2D eigenvalue weighted by Gasteiger charge is -2.59. The van der Waals surface area contributed by atoms with E-state index in [0.29, 0.717) is 28.8 Å². The van der Waals surface area contributed by atoms with Crippen molar-refractivity contribution < 1.29 is 9.59 Å². The number of ketones is 2. The Morgan fingerprint density at radius 1 is 1.04 bits per heavy atom. The van der Waals surface area contributed by atoms with Gasteiger partial charge in [0.15, 0.2) is 5.78 Å². The van der Waals surface area contributed by atoms with Gasteiger partial charge in [-0.2, -0.15) is 0 Å². The second-order valence-corrected chi connectivity index (χ2v) is 10.1. The van der Waals surface area contributed by atoms with Gasteiger partial charge >= 0.3 is 0 Å². The summed E-state index contributed by atoms with van der Waals surface area (Å²) < 4.78 is 0. The molecule has 0 aromatic rings. The fraction of sp³-hybridized carbons (Fsp3) is 0.826. The van der Waals surface area contributed by atoms with Crippen molar-refractivity contribution in [3.8, 4) is 0 Å². The Balaban J connectivity index is 1.51. The van der Waals surface area contributed by atoms with Gasteiger partial charge in [0.1, 0.15) is 5.78 Å². The molecule has 0 aliphatic heterocycles. The molecule has 5 aliphatic carbocycles. The Labute approximate surface area is 151 Å². The molecule has 0 saturated heterocycles. The Bertz CT molecular complexity index is 628. The molecular formula is C23H32O2. The number of Topliss-reactive ketones (excluding diaryl/α,β-unsaturated/α-hetero) is 1. The van der Waals surface area contributed by atoms with Crippen LogP contribution < -0.4 is 0 Å². The number of hydrogen-bond donors (Lipinski definition) is 0. The van der Waals surface area contributed by atoms with Gasteiger partial charge in [-0.05, 0) is 98.4 Å². The van der Waals surface area contributed by atoms with E-state index >= 15 is 0 Å². The highest BCUT2D eigenvalue weighted by atomic mass is 16.1. The molecule has 2 nitrogen and oxygen atoms in total. The fourth-order valence-electron chi connectivity index (χ4n) is 7.78. The van der Waals surface area contributed by atoms with Crippen molar-refractivity contribution in [1.29, 1.82) is 0 Å². The summed E-state index contributed by atoms with van der Waals surface area (Å²) in [5.41, 5.74) is 1.83. The summed E-state index contributed by atoms with van der Waals surface area (Å²) in [6.07, 6.45) is 14.6. The third-order valence-corrected chi connectivity index (χ3v) is 8.66. The number of allylic oxidation sites excluding steroid dienone is 2. The molecule has 25 heavy (non-hydrogen) atoms. The number of carbonyl (C=O) groups excluding carboxylic acids is 2. The van der Waals surface area contributed by atoms with E-state index in [4.69, 9.17) is 0 Å². The van der Waals surface area contributed by atoms with Crippen molar-refractivity contribution in [3.05, 3.63) is 11.6 Å². The molecule has 5 aliphatic rings. The van der Waals surface area contributed by atoms with Crippen molar-refractivity contribution in [2.45, 2.75) is 77.6 Å². The minimum Gasteiger partial charge on any atom is -0.300 e. The highest BCUT2D eigenvalue weighted by molar-refractivity contribution is 5.91. The van der Waals surface area contributed by atoms with E-state index in [1.807, 2.05) is 6.08 Å². The second kappa shape index (κ2) is 5.79. The molecule has 0 heterocycles. The summed E-state index contributed by atoms with van der Waals surface area (Å²) in [5.74, 6) is 5.57. The molecule has 2 heteroatoms. The summed E-state index contributed by atoms with van der Waals surface area (Å²) in [6.45, 7) is 2.45. The summed E-state index contributed by atoms with van der Waals surface area (Å²) >= 11 is 0. The standard InChI is InChI=1S/C23H32O2/c1-14-11-16-12-17(24)6-7-19(16)20-8-10-23(9-2-3-18(25)13-23)22(21(14)20)15-4-5-15/h12,14-15,19-22H,2-11,13H2,1H3/t14-,19?,20?,21?,22?,23?/m0/s1. The SMILES string of the molecule is C[C@H]1CC2=CC(=O)CCC2C2CCC3(CCCC(=O)C3)C(C3CC3)C21. The van der Waals surface area contributed by atoms with E-state index in [9.17, 15) is 9.59 Å². The summed E-state index contributed by atoms with van der Waals surface area (Å²) in [4.78, 5) is 24.3. The second-order valence-electron chi connectivity index (χ2n) is 10.1. The van der Waals surface area contributed by atoms with Crippen molar-refractivity contribution in [1.82, 2.24) is 0 Å². The molecule has 0 amide bonds. The number of carbonyl (C=O) groups is 2. The third-order valence-electron chi connectivity index (χ3n) is 8.66. The van der Waals surface area contributed by atoms with E-state index in [2.05, 4.69) is 6.92 Å². The smallest absolute Gasteiger partial charge is 0.155 e. The topological polar surface area (TPSA) is 34.1 Å². The summed E-state index contributed by atoms with van der Waals surface area (Å²) in [6, 6.07) is 0. The molecule has 4 saturated carbocycles. The number of hydrogen-bond acceptors (Lipinski definition) is 2. The highest BCUT2D eigenvalue weighted by Crippen LogP contribution is 2.66. The molecular weight excluding hydrogens is 308 g/mol. The van der Waals surface area contributed by atoms with E-state index in [0.717, 1.165) is 62.2 Å². The van der Waals surface area contributed by atoms with Crippen LogP contribution in [0.4, 0.5) is 0 Å². The van der Waals surface area contributed by atoms with Gasteiger partial charge in [-0.3, -0.25) is 9.59 Å². The van der Waals surface area contributed by atoms with Crippen LogP contribution in [0, 0.1) is 40.9 Å². The first-order chi connectivity index (χ1) is 12.1. The zero-order valence-corrected chi connectivity index (χ0v) is 15.6. The predicted octanol–water partition coefficient (Wildman–Crippen LogP) is 5.11. The van der Waals surface area contributed by atoms with Crippen LogP contribution >= 0.6 is 0 Å². The highest BCUT2D eigenvalue weighted by Gasteiger charge is 2.59. The van der Waals surface area contributed by atoms with E-state index < -0.39 is 0 Å². The van der Waals surface area contributed by atoms with E-state index in [-0.39, 0.29) is 0 Å². The number of fused-ring (bicyclic) bond motifs is 3. The lowest BCUT2D eigenvalue weighted by atomic mass is 9.45. The van der Waals surface area contributed by atoms with Gasteiger partial charge in [-0.15, -0.1) is 0 Å². The molecule has 0 aromatic carbocycles. The maximum absolute atomic E-state index is 12.4. The largest absolute Gasteiger partial charge is 0.300 e. The van der Waals surface area contributed by atoms with Crippen LogP contribution in [-0.4, -0.2) is 11.6 Å². The van der Waals surface area contributed by atoms with Crippen molar-refractivity contribution in [3.63, 3.8) is 0 Å². The maximum Gasteiger partial charge on any atom is 0.155 e. The first-order valence-corrected chi connectivity index (χ1v) is 10.8. The third kappa shape index (κ3) is 2.58. The normalized spacial score (nSPS) is 47.2. The molecule has 4 fully saturated rings. The first kappa shape index (κ1) is 16.3. The van der Waals surface area contributed by atoms with Gasteiger partial charge in [0, 0.05) is 19.3 Å². The van der Waals surface area contributed by atoms with Gasteiger partial charge in [-0.25, -0.2) is 0 Å². The van der Waals surface area contributed by atoms with Crippen LogP contribution in [0.2, 0.25) is 0 Å². The Hall–Kier alpha value is -0.920. The van der Waals surface area contributed by atoms with Crippen LogP contribution in [0.5, 0.6) is 0 Å². The zero-order valence-electron chi connectivity index (χ0n) is 15.6. The lowest BCUT2D eigenvalue weighted by molar-refractivity contribution is -0.134. The molecule has 136 valence electrons. The van der Waals surface area contributed by atoms with E-state index in [1.54, 1.807) is 0 Å². The number of rotatable bonds is 1. The molecule has 6 atom stereocenters. The van der Waals surface area contributed by atoms with Gasteiger partial charge in [-0.1, -0.05) is 12.5 Å². The predicted molar refractivity (Wildman–Crippen MR) is 97.9 cm³/mol. The van der Waals surface area contributed by atoms with Crippen LogP contribution in [-0.2, 0) is 9.59 Å². The zero-order chi connectivity index (χ0) is 17.2. The van der Waals surface area contributed by atoms with Crippen LogP contribution in [0.25, 0.3) is 0 Å². The van der Waals surface area contributed by atoms with Gasteiger partial charge in [0.2, 0.25) is 0 Å². The lowest BCUT2D eigenvalue weighted by Crippen LogP contribution is -2.53. The Morgan fingerprint density at radius 3 is 2.64 bits per heavy atom. The van der Waals surface area contributed by atoms with E-state index in [1.165, 1.54) is 37.7 Å². The Kier molecular flexibility index (Phi) is 3.77. The molecule has 0 aromatic heterocycles. The average Bonchev–Trinajstić information content (AvgIpc) is 3.39. The van der Waals surface area contributed by atoms with Crippen LogP contribution in [0.15, 0.2) is 11.6 Å². The maximum atomic E-state index is 12.4. The minimum atomic E-state index is 0.345. The van der Waals surface area contributed by atoms with Crippen molar-refractivity contribution >= 4 is 11.6 Å². The summed E-state index contributed by atoms with van der Waals surface area (Å²) in [7, 11) is 0. The molecule has 5 unspecified atom stereocenters. The average molecular weight is 341 g/mol. The molecule has 5 rings (SSSR count). The van der Waals surface area contributed by atoms with Crippen LogP contribution in [0.3, 0.4) is 0 Å². The first-order valence-electron chi connectivity index (χ1n) is 10.8. The molecule has 0 radical (unpaired) electrons. The van der Waals surface area contributed by atoms with Gasteiger partial charge < -0.3 is 0 Å². The molecule has 0 bridgehead atoms. The van der Waals surface area contributed by atoms with Gasteiger partial charge in [0.05, 0.1) is 0 Å². The quantitative estimate of drug-likeness (QED) is 0.664. The Morgan fingerprint density at radius 2 is 1.88 bits per heavy atom. The van der Waals surface area contributed by atoms with Crippen molar-refractivity contribution in [2.24, 2.45) is 40.9 Å². The van der Waals surface area contributed by atoms with Crippen LogP contribution in [0.1, 0.15) is 77.6 Å². The monoisotopic (exact) mass is 340 g/mol. The van der Waals surface area contributed by atoms with Crippen molar-refractivity contribution in [2.75, 3.05) is 0 Å². The molecule has 1 spiro atoms. The van der Waals surface area contributed by atoms with Gasteiger partial charge in [0.25, 0.3) is 0 Å². The summed E-state index contributed by atoms with van der Waals surface area (Å²) in [5, 5.41) is 0.